The van der Waals surface area contributed by atoms with Gasteiger partial charge >= 0.3 is 6.09 Å². The SMILES string of the molecule is CC(C)C[C@H](NC(=O)[C@H](Cc1ccccc1)NC(=O)CNC(=O)CNC(=O)[C@H](Cc1ccc(OCc2ccccc2)cc1)NC(=O)OC(C)(C)C)C(N)=O. The van der Waals surface area contributed by atoms with Crippen molar-refractivity contribution in [3.05, 3.63) is 102 Å². The van der Waals surface area contributed by atoms with E-state index in [-0.39, 0.29) is 18.8 Å². The van der Waals surface area contributed by atoms with Crippen LogP contribution in [-0.2, 0) is 48.2 Å². The molecule has 3 atom stereocenters. The van der Waals surface area contributed by atoms with E-state index >= 15 is 0 Å². The average molecular weight is 745 g/mol. The third-order valence-electron chi connectivity index (χ3n) is 7.79. The minimum atomic E-state index is -1.11. The molecule has 14 nitrogen and oxygen atoms in total. The van der Waals surface area contributed by atoms with Crippen molar-refractivity contribution in [2.75, 3.05) is 13.1 Å². The van der Waals surface area contributed by atoms with Crippen LogP contribution in [0.3, 0.4) is 0 Å². The first kappa shape index (κ1) is 42.5. The second kappa shape index (κ2) is 20.9. The first-order valence-corrected chi connectivity index (χ1v) is 17.8. The molecule has 54 heavy (non-hydrogen) atoms. The number of rotatable bonds is 19. The molecular weight excluding hydrogens is 692 g/mol. The van der Waals surface area contributed by atoms with Crippen LogP contribution in [0.2, 0.25) is 0 Å². The van der Waals surface area contributed by atoms with Crippen LogP contribution >= 0.6 is 0 Å². The van der Waals surface area contributed by atoms with Crippen LogP contribution in [0.5, 0.6) is 5.75 Å². The summed E-state index contributed by atoms with van der Waals surface area (Å²) in [6.45, 7) is 8.22. The van der Waals surface area contributed by atoms with Crippen molar-refractivity contribution in [3.8, 4) is 5.75 Å². The highest BCUT2D eigenvalue weighted by Gasteiger charge is 2.28. The van der Waals surface area contributed by atoms with Gasteiger partial charge in [0.15, 0.2) is 0 Å². The van der Waals surface area contributed by atoms with Crippen molar-refractivity contribution < 1.29 is 38.2 Å². The van der Waals surface area contributed by atoms with Crippen molar-refractivity contribution in [2.45, 2.75) is 84.2 Å². The third kappa shape index (κ3) is 16.2. The standard InChI is InChI=1S/C40H52N6O8/c1-26(2)20-31(36(41)49)45-38(51)33(21-27-12-8-6-9-13-27)44-35(48)24-42-34(47)23-43-37(50)32(46-39(52)54-40(3,4)5)22-28-16-18-30(19-17-28)53-25-29-14-10-7-11-15-29/h6-19,26,31-33H,20-25H2,1-5H3,(H2,41,49)(H,42,47)(H,43,50)(H,44,48)(H,45,51)(H,46,52)/t31-,32-,33-/m0/s1. The topological polar surface area (TPSA) is 207 Å². The number of carbonyl (C=O) groups is 6. The first-order chi connectivity index (χ1) is 25.6. The van der Waals surface area contributed by atoms with Gasteiger partial charge in [0.2, 0.25) is 29.5 Å². The Morgan fingerprint density at radius 2 is 1.17 bits per heavy atom. The quantitative estimate of drug-likeness (QED) is 0.107. The van der Waals surface area contributed by atoms with Gasteiger partial charge < -0.3 is 41.8 Å². The summed E-state index contributed by atoms with van der Waals surface area (Å²) < 4.78 is 11.2. The lowest BCUT2D eigenvalue weighted by Crippen LogP contribution is -2.55. The zero-order valence-corrected chi connectivity index (χ0v) is 31.5. The lowest BCUT2D eigenvalue weighted by molar-refractivity contribution is -0.132. The van der Waals surface area contributed by atoms with Crippen molar-refractivity contribution in [3.63, 3.8) is 0 Å². The van der Waals surface area contributed by atoms with Gasteiger partial charge in [-0.25, -0.2) is 4.79 Å². The maximum atomic E-state index is 13.3. The molecule has 0 spiro atoms. The number of alkyl carbamates (subject to hydrolysis) is 1. The molecule has 0 heterocycles. The van der Waals surface area contributed by atoms with Gasteiger partial charge in [0, 0.05) is 12.8 Å². The number of benzene rings is 3. The number of hydrogen-bond donors (Lipinski definition) is 6. The summed E-state index contributed by atoms with van der Waals surface area (Å²) in [6.07, 6.45) is -0.302. The Morgan fingerprint density at radius 1 is 0.630 bits per heavy atom. The van der Waals surface area contributed by atoms with Gasteiger partial charge in [0.1, 0.15) is 36.1 Å². The number of carbonyl (C=O) groups excluding carboxylic acids is 6. The second-order valence-electron chi connectivity index (χ2n) is 14.2. The first-order valence-electron chi connectivity index (χ1n) is 17.8. The maximum absolute atomic E-state index is 13.3. The Hall–Kier alpha value is -5.92. The van der Waals surface area contributed by atoms with E-state index in [2.05, 4.69) is 26.6 Å². The number of hydrogen-bond acceptors (Lipinski definition) is 8. The summed E-state index contributed by atoms with van der Waals surface area (Å²) in [7, 11) is 0. The van der Waals surface area contributed by atoms with E-state index in [0.717, 1.165) is 11.1 Å². The average Bonchev–Trinajstić information content (AvgIpc) is 3.11. The van der Waals surface area contributed by atoms with Crippen molar-refractivity contribution >= 4 is 35.6 Å². The zero-order chi connectivity index (χ0) is 39.7. The van der Waals surface area contributed by atoms with Crippen LogP contribution < -0.4 is 37.1 Å². The Bertz CT molecular complexity index is 1690. The molecule has 0 fully saturated rings. The molecule has 3 aromatic rings. The molecular formula is C40H52N6O8. The minimum absolute atomic E-state index is 0.0704. The summed E-state index contributed by atoms with van der Waals surface area (Å²) in [5, 5.41) is 12.7. The fourth-order valence-corrected chi connectivity index (χ4v) is 5.18. The molecule has 0 aliphatic rings. The summed E-state index contributed by atoms with van der Waals surface area (Å²) >= 11 is 0. The highest BCUT2D eigenvalue weighted by Crippen LogP contribution is 2.16. The van der Waals surface area contributed by atoms with E-state index in [9.17, 15) is 28.8 Å². The van der Waals surface area contributed by atoms with E-state index in [1.54, 1.807) is 69.3 Å². The van der Waals surface area contributed by atoms with Crippen LogP contribution in [-0.4, -0.2) is 72.4 Å². The second-order valence-corrected chi connectivity index (χ2v) is 14.2. The van der Waals surface area contributed by atoms with Gasteiger partial charge in [0.25, 0.3) is 0 Å². The van der Waals surface area contributed by atoms with Crippen molar-refractivity contribution in [1.29, 1.82) is 0 Å². The summed E-state index contributed by atoms with van der Waals surface area (Å²) in [4.78, 5) is 76.8. The lowest BCUT2D eigenvalue weighted by Gasteiger charge is -2.23. The van der Waals surface area contributed by atoms with Crippen molar-refractivity contribution in [2.24, 2.45) is 11.7 Å². The number of amides is 6. The fraction of sp³-hybridized carbons (Fsp3) is 0.400. The normalized spacial score (nSPS) is 12.7. The third-order valence-corrected chi connectivity index (χ3v) is 7.79. The van der Waals surface area contributed by atoms with Crippen LogP contribution in [0.4, 0.5) is 4.79 Å². The Labute approximate surface area is 316 Å². The Kier molecular flexibility index (Phi) is 16.5. The molecule has 0 saturated carbocycles. The fourth-order valence-electron chi connectivity index (χ4n) is 5.18. The van der Waals surface area contributed by atoms with Crippen LogP contribution in [0.15, 0.2) is 84.9 Å². The van der Waals surface area contributed by atoms with E-state index < -0.39 is 72.4 Å². The predicted molar refractivity (Wildman–Crippen MR) is 203 cm³/mol. The van der Waals surface area contributed by atoms with Crippen molar-refractivity contribution in [1.82, 2.24) is 26.6 Å². The smallest absolute Gasteiger partial charge is 0.408 e. The van der Waals surface area contributed by atoms with E-state index in [1.165, 1.54) is 0 Å². The zero-order valence-electron chi connectivity index (χ0n) is 31.5. The molecule has 0 aromatic heterocycles. The molecule has 14 heteroatoms. The largest absolute Gasteiger partial charge is 0.489 e. The Morgan fingerprint density at radius 3 is 1.72 bits per heavy atom. The highest BCUT2D eigenvalue weighted by molar-refractivity contribution is 5.94. The predicted octanol–water partition coefficient (Wildman–Crippen LogP) is 2.68. The van der Waals surface area contributed by atoms with Crippen LogP contribution in [0.25, 0.3) is 0 Å². The lowest BCUT2D eigenvalue weighted by atomic mass is 10.0. The molecule has 3 aromatic carbocycles. The number of ether oxygens (including phenoxy) is 2. The van der Waals surface area contributed by atoms with Gasteiger partial charge in [-0.1, -0.05) is 86.6 Å². The van der Waals surface area contributed by atoms with Gasteiger partial charge in [-0.3, -0.25) is 24.0 Å². The summed E-state index contributed by atoms with van der Waals surface area (Å²) in [6, 6.07) is 22.6. The number of nitrogens with one attached hydrogen (secondary N) is 5. The maximum Gasteiger partial charge on any atom is 0.408 e. The van der Waals surface area contributed by atoms with Gasteiger partial charge in [-0.15, -0.1) is 0 Å². The highest BCUT2D eigenvalue weighted by atomic mass is 16.6. The van der Waals surface area contributed by atoms with Crippen LogP contribution in [0, 0.1) is 5.92 Å². The molecule has 0 radical (unpaired) electrons. The van der Waals surface area contributed by atoms with Gasteiger partial charge in [0.05, 0.1) is 13.1 Å². The minimum Gasteiger partial charge on any atom is -0.489 e. The summed E-state index contributed by atoms with van der Waals surface area (Å²) in [5.41, 5.74) is 7.16. The van der Waals surface area contributed by atoms with Gasteiger partial charge in [-0.2, -0.15) is 0 Å². The molecule has 0 aliphatic carbocycles. The number of primary amides is 1. The molecule has 0 unspecified atom stereocenters. The molecule has 7 N–H and O–H groups in total. The molecule has 3 rings (SSSR count). The monoisotopic (exact) mass is 744 g/mol. The Balaban J connectivity index is 1.58. The molecule has 0 aliphatic heterocycles. The summed E-state index contributed by atoms with van der Waals surface area (Å²) in [5.74, 6) is -2.63. The number of nitrogens with two attached hydrogens (primary N) is 1. The molecule has 290 valence electrons. The molecule has 6 amide bonds. The molecule has 0 bridgehead atoms. The van der Waals surface area contributed by atoms with E-state index in [4.69, 9.17) is 15.2 Å². The molecule has 0 saturated heterocycles. The van der Waals surface area contributed by atoms with Gasteiger partial charge in [-0.05, 0) is 61.9 Å². The van der Waals surface area contributed by atoms with E-state index in [0.29, 0.717) is 24.3 Å². The van der Waals surface area contributed by atoms with Crippen LogP contribution in [0.1, 0.15) is 57.7 Å². The van der Waals surface area contributed by atoms with E-state index in [1.807, 2.05) is 50.2 Å².